The van der Waals surface area contributed by atoms with Crippen LogP contribution in [-0.2, 0) is 11.8 Å². The molecule has 0 aromatic carbocycles. The predicted molar refractivity (Wildman–Crippen MR) is 95.0 cm³/mol. The summed E-state index contributed by atoms with van der Waals surface area (Å²) < 4.78 is 7.84. The Balaban J connectivity index is 1.64. The molecular formula is C14H11BrClN5O2S. The molecule has 24 heavy (non-hydrogen) atoms. The highest BCUT2D eigenvalue weighted by molar-refractivity contribution is 9.10. The monoisotopic (exact) mass is 427 g/mol. The minimum atomic E-state index is -0.208. The number of anilines is 1. The van der Waals surface area contributed by atoms with Gasteiger partial charge < -0.3 is 14.3 Å². The lowest BCUT2D eigenvalue weighted by Gasteiger charge is -2.06. The molecule has 1 amide bonds. The van der Waals surface area contributed by atoms with Crippen LogP contribution in [0.25, 0.3) is 11.6 Å². The summed E-state index contributed by atoms with van der Waals surface area (Å²) in [4.78, 5) is 15.9. The number of thioether (sulfide) groups is 1. The van der Waals surface area contributed by atoms with Crippen molar-refractivity contribution in [1.29, 1.82) is 0 Å². The SMILES string of the molecule is Cn1c(SCC(=O)Nc2cccnc2Cl)nnc1-c1ccc(Br)o1. The van der Waals surface area contributed by atoms with E-state index in [4.69, 9.17) is 16.0 Å². The molecule has 7 nitrogen and oxygen atoms in total. The Morgan fingerprint density at radius 1 is 1.42 bits per heavy atom. The summed E-state index contributed by atoms with van der Waals surface area (Å²) in [6.07, 6.45) is 1.56. The van der Waals surface area contributed by atoms with Crippen LogP contribution in [0.3, 0.4) is 0 Å². The number of nitrogens with one attached hydrogen (secondary N) is 1. The fourth-order valence-electron chi connectivity index (χ4n) is 1.89. The highest BCUT2D eigenvalue weighted by atomic mass is 79.9. The van der Waals surface area contributed by atoms with Crippen LogP contribution in [0.2, 0.25) is 5.15 Å². The van der Waals surface area contributed by atoms with Crippen molar-refractivity contribution >= 4 is 50.9 Å². The Hall–Kier alpha value is -1.84. The first-order valence-electron chi connectivity index (χ1n) is 6.73. The van der Waals surface area contributed by atoms with Gasteiger partial charge in [0.25, 0.3) is 0 Å². The third-order valence-corrected chi connectivity index (χ3v) is 4.74. The number of rotatable bonds is 5. The Labute approximate surface area is 154 Å². The molecule has 0 atom stereocenters. The third-order valence-electron chi connectivity index (χ3n) is 2.99. The molecule has 0 bridgehead atoms. The van der Waals surface area contributed by atoms with Crippen LogP contribution in [0.4, 0.5) is 5.69 Å². The van der Waals surface area contributed by atoms with Gasteiger partial charge in [-0.15, -0.1) is 10.2 Å². The fraction of sp³-hybridized carbons (Fsp3) is 0.143. The molecule has 10 heteroatoms. The average Bonchev–Trinajstić information content (AvgIpc) is 3.13. The lowest BCUT2D eigenvalue weighted by Crippen LogP contribution is -2.15. The van der Waals surface area contributed by atoms with E-state index in [-0.39, 0.29) is 16.8 Å². The number of amides is 1. The van der Waals surface area contributed by atoms with Gasteiger partial charge in [0.2, 0.25) is 5.91 Å². The molecule has 3 rings (SSSR count). The van der Waals surface area contributed by atoms with E-state index in [0.717, 1.165) is 0 Å². The number of aromatic nitrogens is 4. The number of pyridine rings is 1. The van der Waals surface area contributed by atoms with Gasteiger partial charge in [0, 0.05) is 13.2 Å². The van der Waals surface area contributed by atoms with Crippen LogP contribution >= 0.6 is 39.3 Å². The van der Waals surface area contributed by atoms with Crippen LogP contribution in [0.1, 0.15) is 0 Å². The molecule has 3 aromatic rings. The highest BCUT2D eigenvalue weighted by Gasteiger charge is 2.15. The first-order valence-corrected chi connectivity index (χ1v) is 8.88. The summed E-state index contributed by atoms with van der Waals surface area (Å²) in [6.45, 7) is 0. The first kappa shape index (κ1) is 17.0. The van der Waals surface area contributed by atoms with Gasteiger partial charge in [-0.25, -0.2) is 4.98 Å². The smallest absolute Gasteiger partial charge is 0.234 e. The topological polar surface area (TPSA) is 85.8 Å². The number of furan rings is 1. The molecule has 0 radical (unpaired) electrons. The van der Waals surface area contributed by atoms with Gasteiger partial charge in [0.05, 0.1) is 11.4 Å². The highest BCUT2D eigenvalue weighted by Crippen LogP contribution is 2.26. The summed E-state index contributed by atoms with van der Waals surface area (Å²) in [7, 11) is 1.81. The maximum atomic E-state index is 12.0. The van der Waals surface area contributed by atoms with E-state index in [9.17, 15) is 4.79 Å². The zero-order chi connectivity index (χ0) is 17.1. The molecule has 0 fully saturated rings. The van der Waals surface area contributed by atoms with Crippen LogP contribution in [0, 0.1) is 0 Å². The lowest BCUT2D eigenvalue weighted by atomic mass is 10.4. The van der Waals surface area contributed by atoms with Crippen LogP contribution in [0.15, 0.2) is 44.7 Å². The number of hydrogen-bond acceptors (Lipinski definition) is 6. The average molecular weight is 429 g/mol. The van der Waals surface area contributed by atoms with E-state index in [1.54, 1.807) is 35.0 Å². The number of nitrogens with zero attached hydrogens (tertiary/aromatic N) is 4. The molecule has 124 valence electrons. The lowest BCUT2D eigenvalue weighted by molar-refractivity contribution is -0.113. The zero-order valence-electron chi connectivity index (χ0n) is 12.4. The van der Waals surface area contributed by atoms with Crippen LogP contribution in [-0.4, -0.2) is 31.4 Å². The summed E-state index contributed by atoms with van der Waals surface area (Å²) in [6, 6.07) is 6.96. The molecule has 0 aliphatic heterocycles. The van der Waals surface area contributed by atoms with Gasteiger partial charge in [-0.1, -0.05) is 23.4 Å². The van der Waals surface area contributed by atoms with Crippen molar-refractivity contribution in [2.45, 2.75) is 5.16 Å². The van der Waals surface area contributed by atoms with Gasteiger partial charge >= 0.3 is 0 Å². The minimum absolute atomic E-state index is 0.166. The normalized spacial score (nSPS) is 10.8. The summed E-state index contributed by atoms with van der Waals surface area (Å²) in [5, 5.41) is 11.7. The fourth-order valence-corrected chi connectivity index (χ4v) is 3.07. The summed E-state index contributed by atoms with van der Waals surface area (Å²) >= 11 is 10.4. The Morgan fingerprint density at radius 3 is 2.96 bits per heavy atom. The van der Waals surface area contributed by atoms with Crippen LogP contribution < -0.4 is 5.32 Å². The van der Waals surface area contributed by atoms with Crippen molar-refractivity contribution in [1.82, 2.24) is 19.7 Å². The number of halogens is 2. The van der Waals surface area contributed by atoms with Crippen molar-refractivity contribution in [3.05, 3.63) is 40.3 Å². The second-order valence-electron chi connectivity index (χ2n) is 4.65. The van der Waals surface area contributed by atoms with E-state index >= 15 is 0 Å². The number of hydrogen-bond donors (Lipinski definition) is 1. The molecule has 1 N–H and O–H groups in total. The van der Waals surface area contributed by atoms with Crippen LogP contribution in [0.5, 0.6) is 0 Å². The van der Waals surface area contributed by atoms with Gasteiger partial charge in [0.1, 0.15) is 0 Å². The molecule has 3 heterocycles. The quantitative estimate of drug-likeness (QED) is 0.493. The van der Waals surface area contributed by atoms with Gasteiger partial charge in [-0.05, 0) is 40.2 Å². The predicted octanol–water partition coefficient (Wildman–Crippen LogP) is 3.62. The standard InChI is InChI=1S/C14H11BrClN5O2S/c1-21-13(9-4-5-10(15)23-9)19-20-14(21)24-7-11(22)18-8-3-2-6-17-12(8)16/h2-6H,7H2,1H3,(H,18,22). The molecule has 0 aliphatic carbocycles. The van der Waals surface area contributed by atoms with Crippen molar-refractivity contribution < 1.29 is 9.21 Å². The maximum Gasteiger partial charge on any atom is 0.234 e. The van der Waals surface area contributed by atoms with Crippen molar-refractivity contribution in [2.75, 3.05) is 11.1 Å². The maximum absolute atomic E-state index is 12.0. The number of carbonyl (C=O) groups is 1. The molecular weight excluding hydrogens is 418 g/mol. The molecule has 0 unspecified atom stereocenters. The van der Waals surface area contributed by atoms with E-state index in [1.807, 2.05) is 7.05 Å². The van der Waals surface area contributed by atoms with Crippen molar-refractivity contribution in [3.63, 3.8) is 0 Å². The molecule has 0 saturated heterocycles. The molecule has 0 spiro atoms. The van der Waals surface area contributed by atoms with Gasteiger partial charge in [0.15, 0.2) is 26.6 Å². The molecule has 0 saturated carbocycles. The largest absolute Gasteiger partial charge is 0.446 e. The van der Waals surface area contributed by atoms with Crippen molar-refractivity contribution in [2.24, 2.45) is 7.05 Å². The van der Waals surface area contributed by atoms with E-state index in [1.165, 1.54) is 11.8 Å². The first-order chi connectivity index (χ1) is 11.5. The summed E-state index contributed by atoms with van der Waals surface area (Å²) in [5.74, 6) is 1.13. The Morgan fingerprint density at radius 2 is 2.25 bits per heavy atom. The minimum Gasteiger partial charge on any atom is -0.446 e. The summed E-state index contributed by atoms with van der Waals surface area (Å²) in [5.41, 5.74) is 0.476. The van der Waals surface area contributed by atoms with Gasteiger partial charge in [-0.2, -0.15) is 0 Å². The molecule has 0 aliphatic rings. The number of carbonyl (C=O) groups excluding carboxylic acids is 1. The Bertz CT molecular complexity index is 882. The zero-order valence-corrected chi connectivity index (χ0v) is 15.5. The van der Waals surface area contributed by atoms with E-state index in [2.05, 4.69) is 36.4 Å². The second-order valence-corrected chi connectivity index (χ2v) is 6.73. The Kier molecular flexibility index (Phi) is 5.22. The molecule has 3 aromatic heterocycles. The second kappa shape index (κ2) is 7.37. The van der Waals surface area contributed by atoms with E-state index in [0.29, 0.717) is 27.1 Å². The van der Waals surface area contributed by atoms with E-state index < -0.39 is 0 Å². The van der Waals surface area contributed by atoms with Gasteiger partial charge in [-0.3, -0.25) is 4.79 Å². The van der Waals surface area contributed by atoms with Crippen molar-refractivity contribution in [3.8, 4) is 11.6 Å². The third kappa shape index (κ3) is 3.80.